The molecule has 2 aromatic carbocycles. The molecular formula is C26H32N6O2S. The molecule has 2 N–H and O–H groups in total. The fraction of sp³-hybridized carbons (Fsp3) is 0.385. The van der Waals surface area contributed by atoms with Crippen molar-refractivity contribution in [1.29, 1.82) is 0 Å². The number of amides is 1. The number of aromatic nitrogens is 4. The molecule has 35 heavy (non-hydrogen) atoms. The molecule has 8 nitrogen and oxygen atoms in total. The van der Waals surface area contributed by atoms with Crippen LogP contribution >= 0.6 is 11.8 Å². The van der Waals surface area contributed by atoms with Gasteiger partial charge in [0.15, 0.2) is 10.8 Å². The highest BCUT2D eigenvalue weighted by Crippen LogP contribution is 2.25. The predicted octanol–water partition coefficient (Wildman–Crippen LogP) is 4.29. The van der Waals surface area contributed by atoms with E-state index in [0.29, 0.717) is 39.3 Å². The second-order valence-corrected chi connectivity index (χ2v) is 9.16. The number of benzene rings is 2. The lowest BCUT2D eigenvalue weighted by atomic mass is 10.0. The van der Waals surface area contributed by atoms with Crippen LogP contribution in [0.15, 0.2) is 53.8 Å². The molecular weight excluding hydrogens is 460 g/mol. The fourth-order valence-electron chi connectivity index (χ4n) is 3.86. The lowest BCUT2D eigenvalue weighted by molar-refractivity contribution is -0.120. The summed E-state index contributed by atoms with van der Waals surface area (Å²) < 4.78 is 7.27. The Hall–Kier alpha value is -3.17. The standard InChI is InChI=1S/C26H32N6O2S/c1-3-16-35-26-30-24(28-13-15-34-4-2)22-18-29-32(25(22)31-26)14-12-27-23(33)17-20-10-7-9-19-8-5-6-11-21(19)20/h5-11,18H,3-4,12-17H2,1-2H3,(H,27,33)(H,28,30,31). The fourth-order valence-corrected chi connectivity index (χ4v) is 4.55. The summed E-state index contributed by atoms with van der Waals surface area (Å²) in [5, 5.41) is 14.8. The number of thioether (sulfide) groups is 1. The number of hydrogen-bond donors (Lipinski definition) is 2. The van der Waals surface area contributed by atoms with Crippen molar-refractivity contribution in [2.75, 3.05) is 37.4 Å². The molecule has 4 rings (SSSR count). The summed E-state index contributed by atoms with van der Waals surface area (Å²) in [6.45, 7) is 7.06. The number of fused-ring (bicyclic) bond motifs is 2. The first-order valence-electron chi connectivity index (χ1n) is 12.1. The van der Waals surface area contributed by atoms with E-state index in [2.05, 4.69) is 40.9 Å². The molecule has 2 heterocycles. The average Bonchev–Trinajstić information content (AvgIpc) is 3.28. The Morgan fingerprint density at radius 2 is 1.91 bits per heavy atom. The van der Waals surface area contributed by atoms with Crippen molar-refractivity contribution in [1.82, 2.24) is 25.1 Å². The molecule has 0 spiro atoms. The maximum atomic E-state index is 12.7. The van der Waals surface area contributed by atoms with Crippen molar-refractivity contribution in [3.8, 4) is 0 Å². The molecule has 9 heteroatoms. The summed E-state index contributed by atoms with van der Waals surface area (Å²) in [5.74, 6) is 1.70. The highest BCUT2D eigenvalue weighted by molar-refractivity contribution is 7.99. The molecule has 0 bridgehead atoms. The lowest BCUT2D eigenvalue weighted by Crippen LogP contribution is -2.29. The van der Waals surface area contributed by atoms with E-state index in [0.717, 1.165) is 50.5 Å². The van der Waals surface area contributed by atoms with Crippen molar-refractivity contribution in [2.45, 2.75) is 38.4 Å². The molecule has 184 valence electrons. The van der Waals surface area contributed by atoms with E-state index in [1.165, 1.54) is 0 Å². The van der Waals surface area contributed by atoms with E-state index >= 15 is 0 Å². The van der Waals surface area contributed by atoms with Crippen LogP contribution in [0.25, 0.3) is 21.8 Å². The molecule has 0 aliphatic rings. The van der Waals surface area contributed by atoms with Gasteiger partial charge in [0.25, 0.3) is 0 Å². The quantitative estimate of drug-likeness (QED) is 0.163. The summed E-state index contributed by atoms with van der Waals surface area (Å²) in [7, 11) is 0. The Kier molecular flexibility index (Phi) is 8.91. The third-order valence-corrected chi connectivity index (χ3v) is 6.58. The summed E-state index contributed by atoms with van der Waals surface area (Å²) >= 11 is 1.63. The van der Waals surface area contributed by atoms with Crippen LogP contribution in [0.4, 0.5) is 5.82 Å². The summed E-state index contributed by atoms with van der Waals surface area (Å²) in [5.41, 5.74) is 1.79. The monoisotopic (exact) mass is 492 g/mol. The second-order valence-electron chi connectivity index (χ2n) is 8.10. The highest BCUT2D eigenvalue weighted by atomic mass is 32.2. The number of ether oxygens (including phenoxy) is 1. The summed E-state index contributed by atoms with van der Waals surface area (Å²) in [6.07, 6.45) is 3.17. The van der Waals surface area contributed by atoms with Crippen LogP contribution in [0.5, 0.6) is 0 Å². The van der Waals surface area contributed by atoms with Crippen molar-refractivity contribution >= 4 is 45.3 Å². The van der Waals surface area contributed by atoms with Gasteiger partial charge >= 0.3 is 0 Å². The normalized spacial score (nSPS) is 11.3. The van der Waals surface area contributed by atoms with Gasteiger partial charge in [-0.25, -0.2) is 14.6 Å². The summed E-state index contributed by atoms with van der Waals surface area (Å²) in [4.78, 5) is 22.1. The Labute approximate surface area is 209 Å². The molecule has 1 amide bonds. The molecule has 0 radical (unpaired) electrons. The zero-order chi connectivity index (χ0) is 24.5. The van der Waals surface area contributed by atoms with Gasteiger partial charge in [0.05, 0.1) is 31.2 Å². The van der Waals surface area contributed by atoms with Crippen LogP contribution in [0, 0.1) is 0 Å². The molecule has 0 saturated carbocycles. The first-order chi connectivity index (χ1) is 17.2. The van der Waals surface area contributed by atoms with Crippen LogP contribution in [-0.2, 0) is 22.5 Å². The first kappa shape index (κ1) is 24.9. The van der Waals surface area contributed by atoms with Crippen LogP contribution in [-0.4, -0.2) is 57.7 Å². The van der Waals surface area contributed by atoms with Gasteiger partial charge in [-0.2, -0.15) is 5.10 Å². The van der Waals surface area contributed by atoms with Crippen LogP contribution in [0.3, 0.4) is 0 Å². The van der Waals surface area contributed by atoms with E-state index in [-0.39, 0.29) is 5.91 Å². The van der Waals surface area contributed by atoms with Gasteiger partial charge in [-0.05, 0) is 29.7 Å². The maximum absolute atomic E-state index is 12.7. The molecule has 0 atom stereocenters. The minimum atomic E-state index is -0.00934. The SMILES string of the molecule is CCCSc1nc(NCCOCC)c2cnn(CCNC(=O)Cc3cccc4ccccc34)c2n1. The van der Waals surface area contributed by atoms with E-state index in [1.807, 2.05) is 35.9 Å². The van der Waals surface area contributed by atoms with Crippen LogP contribution in [0.1, 0.15) is 25.8 Å². The zero-order valence-corrected chi connectivity index (χ0v) is 21.1. The molecule has 0 aliphatic carbocycles. The molecule has 4 aromatic rings. The van der Waals surface area contributed by atoms with Gasteiger partial charge < -0.3 is 15.4 Å². The Morgan fingerprint density at radius 3 is 2.77 bits per heavy atom. The Balaban J connectivity index is 1.42. The van der Waals surface area contributed by atoms with Crippen LogP contribution < -0.4 is 10.6 Å². The van der Waals surface area contributed by atoms with E-state index in [1.54, 1.807) is 18.0 Å². The average molecular weight is 493 g/mol. The maximum Gasteiger partial charge on any atom is 0.224 e. The van der Waals surface area contributed by atoms with Crippen molar-refractivity contribution < 1.29 is 9.53 Å². The van der Waals surface area contributed by atoms with Gasteiger partial charge in [0, 0.05) is 25.4 Å². The second kappa shape index (κ2) is 12.5. The molecule has 0 saturated heterocycles. The molecule has 0 fully saturated rings. The topological polar surface area (TPSA) is 94.0 Å². The molecule has 0 aliphatic heterocycles. The smallest absolute Gasteiger partial charge is 0.224 e. The highest BCUT2D eigenvalue weighted by Gasteiger charge is 2.14. The number of carbonyl (C=O) groups excluding carboxylic acids is 1. The van der Waals surface area contributed by atoms with Crippen molar-refractivity contribution in [2.24, 2.45) is 0 Å². The van der Waals surface area contributed by atoms with Gasteiger partial charge in [0.2, 0.25) is 5.91 Å². The predicted molar refractivity (Wildman–Crippen MR) is 142 cm³/mol. The number of nitrogens with zero attached hydrogens (tertiary/aromatic N) is 4. The lowest BCUT2D eigenvalue weighted by Gasteiger charge is -2.10. The largest absolute Gasteiger partial charge is 0.380 e. The van der Waals surface area contributed by atoms with Crippen molar-refractivity contribution in [3.63, 3.8) is 0 Å². The number of anilines is 1. The van der Waals surface area contributed by atoms with E-state index in [9.17, 15) is 4.79 Å². The minimum Gasteiger partial charge on any atom is -0.380 e. The van der Waals surface area contributed by atoms with Crippen LogP contribution in [0.2, 0.25) is 0 Å². The van der Waals surface area contributed by atoms with E-state index < -0.39 is 0 Å². The summed E-state index contributed by atoms with van der Waals surface area (Å²) in [6, 6.07) is 14.2. The zero-order valence-electron chi connectivity index (χ0n) is 20.3. The van der Waals surface area contributed by atoms with Gasteiger partial charge in [-0.1, -0.05) is 61.2 Å². The third kappa shape index (κ3) is 6.49. The van der Waals surface area contributed by atoms with Gasteiger partial charge in [-0.15, -0.1) is 0 Å². The number of hydrogen-bond acceptors (Lipinski definition) is 7. The third-order valence-electron chi connectivity index (χ3n) is 5.53. The minimum absolute atomic E-state index is 0.00934. The molecule has 0 unspecified atom stereocenters. The Morgan fingerprint density at radius 1 is 1.06 bits per heavy atom. The first-order valence-corrected chi connectivity index (χ1v) is 13.1. The van der Waals surface area contributed by atoms with Gasteiger partial charge in [0.1, 0.15) is 5.82 Å². The van der Waals surface area contributed by atoms with E-state index in [4.69, 9.17) is 14.7 Å². The number of nitrogens with one attached hydrogen (secondary N) is 2. The number of rotatable bonds is 13. The molecule has 2 aromatic heterocycles. The van der Waals surface area contributed by atoms with Gasteiger partial charge in [-0.3, -0.25) is 4.79 Å². The Bertz CT molecular complexity index is 1270. The van der Waals surface area contributed by atoms with Crippen molar-refractivity contribution in [3.05, 3.63) is 54.2 Å². The number of carbonyl (C=O) groups is 1.